The van der Waals surface area contributed by atoms with Crippen LogP contribution < -0.4 is 4.90 Å². The van der Waals surface area contributed by atoms with E-state index >= 15 is 0 Å². The molecule has 0 radical (unpaired) electrons. The summed E-state index contributed by atoms with van der Waals surface area (Å²) in [5.74, 6) is 1.82. The maximum absolute atomic E-state index is 12.5. The molecule has 1 saturated heterocycles. The van der Waals surface area contributed by atoms with E-state index in [0.717, 1.165) is 50.7 Å². The second-order valence-corrected chi connectivity index (χ2v) is 7.06. The molecule has 4 nitrogen and oxygen atoms in total. The van der Waals surface area contributed by atoms with Gasteiger partial charge in [-0.3, -0.25) is 9.69 Å². The Labute approximate surface area is 136 Å². The number of morpholine rings is 1. The van der Waals surface area contributed by atoms with Crippen molar-refractivity contribution in [1.29, 1.82) is 0 Å². The molecule has 2 aliphatic rings. The summed E-state index contributed by atoms with van der Waals surface area (Å²) in [5, 5.41) is 0. The Bertz CT molecular complexity index is 517. The highest BCUT2D eigenvalue weighted by Gasteiger charge is 2.30. The minimum atomic E-state index is 0.240. The maximum Gasteiger partial charge on any atom is 0.237 e. The average Bonchev–Trinajstić information content (AvgIpc) is 2.88. The third kappa shape index (κ3) is 3.65. The first-order valence-corrected chi connectivity index (χ1v) is 9.19. The quantitative estimate of drug-likeness (QED) is 0.777. The normalized spacial score (nSPS) is 21.9. The largest absolute Gasteiger partial charge is 0.379 e. The standard InChI is InChI=1S/C17H24N2O2S/c1-14-12-15-4-2-3-5-16(15)19(14)17(20)13-22-11-8-18-6-9-21-10-7-18/h2-5,14H,6-13H2,1H3. The number of hydrogen-bond acceptors (Lipinski definition) is 4. The molecule has 5 heteroatoms. The van der Waals surface area contributed by atoms with Crippen LogP contribution in [0.5, 0.6) is 0 Å². The van der Waals surface area contributed by atoms with Crippen molar-refractivity contribution < 1.29 is 9.53 Å². The van der Waals surface area contributed by atoms with Gasteiger partial charge in [0.25, 0.3) is 0 Å². The highest BCUT2D eigenvalue weighted by atomic mass is 32.2. The van der Waals surface area contributed by atoms with Crippen molar-refractivity contribution in [1.82, 2.24) is 4.90 Å². The molecule has 3 rings (SSSR count). The van der Waals surface area contributed by atoms with Crippen LogP contribution in [0.15, 0.2) is 24.3 Å². The Balaban J connectivity index is 1.46. The molecule has 1 amide bonds. The molecule has 1 fully saturated rings. The van der Waals surface area contributed by atoms with Gasteiger partial charge in [-0.2, -0.15) is 11.8 Å². The molecule has 1 aromatic carbocycles. The lowest BCUT2D eigenvalue weighted by Crippen LogP contribution is -2.38. The van der Waals surface area contributed by atoms with Crippen molar-refractivity contribution in [2.45, 2.75) is 19.4 Å². The third-order valence-corrected chi connectivity index (χ3v) is 5.28. The number of amides is 1. The van der Waals surface area contributed by atoms with Crippen molar-refractivity contribution >= 4 is 23.4 Å². The first-order valence-electron chi connectivity index (χ1n) is 8.03. The van der Waals surface area contributed by atoms with Gasteiger partial charge < -0.3 is 9.64 Å². The molecule has 1 aromatic rings. The molecule has 0 aliphatic carbocycles. The van der Waals surface area contributed by atoms with Gasteiger partial charge in [0.05, 0.1) is 19.0 Å². The summed E-state index contributed by atoms with van der Waals surface area (Å²) in [6.07, 6.45) is 0.973. The number of carbonyl (C=O) groups excluding carboxylic acids is 1. The number of rotatable bonds is 5. The molecule has 0 bridgehead atoms. The molecule has 2 heterocycles. The van der Waals surface area contributed by atoms with E-state index in [4.69, 9.17) is 4.74 Å². The first-order chi connectivity index (χ1) is 10.8. The summed E-state index contributed by atoms with van der Waals surface area (Å²) in [7, 11) is 0. The van der Waals surface area contributed by atoms with Crippen LogP contribution in [-0.2, 0) is 16.0 Å². The minimum absolute atomic E-state index is 0.240. The van der Waals surface area contributed by atoms with Gasteiger partial charge >= 0.3 is 0 Å². The van der Waals surface area contributed by atoms with E-state index < -0.39 is 0 Å². The van der Waals surface area contributed by atoms with Crippen LogP contribution in [0.25, 0.3) is 0 Å². The Kier molecular flexibility index (Phi) is 5.39. The summed E-state index contributed by atoms with van der Waals surface area (Å²) < 4.78 is 5.35. The van der Waals surface area contributed by atoms with Gasteiger partial charge in [-0.15, -0.1) is 0 Å². The zero-order valence-electron chi connectivity index (χ0n) is 13.2. The lowest BCUT2D eigenvalue weighted by molar-refractivity contribution is -0.116. The van der Waals surface area contributed by atoms with Crippen molar-refractivity contribution in [3.8, 4) is 0 Å². The van der Waals surface area contributed by atoms with Crippen molar-refractivity contribution in [3.05, 3.63) is 29.8 Å². The average molecular weight is 320 g/mol. The van der Waals surface area contributed by atoms with Crippen molar-refractivity contribution in [2.24, 2.45) is 0 Å². The van der Waals surface area contributed by atoms with E-state index in [9.17, 15) is 4.79 Å². The summed E-state index contributed by atoms with van der Waals surface area (Å²) in [4.78, 5) is 16.9. The fourth-order valence-electron chi connectivity index (χ4n) is 3.19. The molecule has 0 N–H and O–H groups in total. The van der Waals surface area contributed by atoms with Crippen LogP contribution in [0.2, 0.25) is 0 Å². The number of ether oxygens (including phenoxy) is 1. The lowest BCUT2D eigenvalue weighted by Gasteiger charge is -2.26. The van der Waals surface area contributed by atoms with E-state index in [-0.39, 0.29) is 11.9 Å². The summed E-state index contributed by atoms with van der Waals surface area (Å²) in [6, 6.07) is 8.55. The number of carbonyl (C=O) groups is 1. The van der Waals surface area contributed by atoms with E-state index in [2.05, 4.69) is 30.0 Å². The van der Waals surface area contributed by atoms with E-state index in [1.54, 1.807) is 11.8 Å². The highest BCUT2D eigenvalue weighted by molar-refractivity contribution is 7.99. The van der Waals surface area contributed by atoms with Gasteiger partial charge in [0.15, 0.2) is 0 Å². The van der Waals surface area contributed by atoms with Crippen LogP contribution in [-0.4, -0.2) is 61.2 Å². The highest BCUT2D eigenvalue weighted by Crippen LogP contribution is 2.32. The Morgan fingerprint density at radius 3 is 2.91 bits per heavy atom. The molecule has 22 heavy (non-hydrogen) atoms. The van der Waals surface area contributed by atoms with E-state index in [0.29, 0.717) is 5.75 Å². The van der Waals surface area contributed by atoms with Gasteiger partial charge in [-0.05, 0) is 25.0 Å². The molecule has 0 spiro atoms. The van der Waals surface area contributed by atoms with E-state index in [1.165, 1.54) is 5.56 Å². The number of thioether (sulfide) groups is 1. The first kappa shape index (κ1) is 15.8. The second kappa shape index (κ2) is 7.49. The molecule has 1 unspecified atom stereocenters. The molecule has 1 atom stereocenters. The number of para-hydroxylation sites is 1. The summed E-state index contributed by atoms with van der Waals surface area (Å²) >= 11 is 1.74. The van der Waals surface area contributed by atoms with Crippen molar-refractivity contribution in [3.63, 3.8) is 0 Å². The Morgan fingerprint density at radius 2 is 2.09 bits per heavy atom. The fraction of sp³-hybridized carbons (Fsp3) is 0.588. The summed E-state index contributed by atoms with van der Waals surface area (Å²) in [5.41, 5.74) is 2.40. The predicted molar refractivity (Wildman–Crippen MR) is 91.7 cm³/mol. The number of benzene rings is 1. The molecule has 2 aliphatic heterocycles. The van der Waals surface area contributed by atoms with Crippen LogP contribution in [0.1, 0.15) is 12.5 Å². The topological polar surface area (TPSA) is 32.8 Å². The second-order valence-electron chi connectivity index (χ2n) is 5.95. The SMILES string of the molecule is CC1Cc2ccccc2N1C(=O)CSCCN1CCOCC1. The van der Waals surface area contributed by atoms with Crippen LogP contribution in [0, 0.1) is 0 Å². The van der Waals surface area contributed by atoms with Gasteiger partial charge in [-0.1, -0.05) is 18.2 Å². The smallest absolute Gasteiger partial charge is 0.237 e. The monoisotopic (exact) mass is 320 g/mol. The van der Waals surface area contributed by atoms with E-state index in [1.807, 2.05) is 11.0 Å². The molecule has 0 aromatic heterocycles. The minimum Gasteiger partial charge on any atom is -0.379 e. The Morgan fingerprint density at radius 1 is 1.32 bits per heavy atom. The van der Waals surface area contributed by atoms with Crippen LogP contribution in [0.4, 0.5) is 5.69 Å². The van der Waals surface area contributed by atoms with Crippen LogP contribution >= 0.6 is 11.8 Å². The van der Waals surface area contributed by atoms with Gasteiger partial charge in [0.1, 0.15) is 0 Å². The molecular weight excluding hydrogens is 296 g/mol. The Hall–Kier alpha value is -1.04. The number of anilines is 1. The molecular formula is C17H24N2O2S. The van der Waals surface area contributed by atoms with Gasteiger partial charge in [-0.25, -0.2) is 0 Å². The number of hydrogen-bond donors (Lipinski definition) is 0. The third-order valence-electron chi connectivity index (χ3n) is 4.36. The number of nitrogens with zero attached hydrogens (tertiary/aromatic N) is 2. The van der Waals surface area contributed by atoms with Crippen molar-refractivity contribution in [2.75, 3.05) is 49.3 Å². The maximum atomic E-state index is 12.5. The fourth-order valence-corrected chi connectivity index (χ4v) is 4.04. The zero-order chi connectivity index (χ0) is 15.4. The lowest BCUT2D eigenvalue weighted by atomic mass is 10.1. The van der Waals surface area contributed by atoms with Crippen LogP contribution in [0.3, 0.4) is 0 Å². The number of fused-ring (bicyclic) bond motifs is 1. The summed E-state index contributed by atoms with van der Waals surface area (Å²) in [6.45, 7) is 6.90. The molecule has 120 valence electrons. The molecule has 0 saturated carbocycles. The predicted octanol–water partition coefficient (Wildman–Crippen LogP) is 2.03. The van der Waals surface area contributed by atoms with Gasteiger partial charge in [0.2, 0.25) is 5.91 Å². The zero-order valence-corrected chi connectivity index (χ0v) is 14.0. The van der Waals surface area contributed by atoms with Gasteiger partial charge in [0, 0.05) is 37.1 Å².